The third-order valence-corrected chi connectivity index (χ3v) is 2.62. The van der Waals surface area contributed by atoms with Gasteiger partial charge in [-0.1, -0.05) is 12.1 Å². The molecule has 108 valence electrons. The van der Waals surface area contributed by atoms with Crippen LogP contribution in [0.2, 0.25) is 0 Å². The summed E-state index contributed by atoms with van der Waals surface area (Å²) >= 11 is 0. The van der Waals surface area contributed by atoms with Crippen LogP contribution in [0, 0.1) is 0 Å². The molecule has 1 heterocycles. The molecule has 0 aliphatic rings. The van der Waals surface area contributed by atoms with E-state index in [1.165, 1.54) is 12.3 Å². The number of carbonyl (C=O) groups is 2. The van der Waals surface area contributed by atoms with E-state index in [-0.39, 0.29) is 12.5 Å². The van der Waals surface area contributed by atoms with Crippen LogP contribution in [0.1, 0.15) is 23.0 Å². The minimum absolute atomic E-state index is 0.277. The van der Waals surface area contributed by atoms with Crippen molar-refractivity contribution in [2.24, 2.45) is 0 Å². The maximum Gasteiger partial charge on any atom is 0.340 e. The number of furan rings is 1. The number of nitrogens with one attached hydrogen (secondary N) is 1. The number of hydrogen-bond donors (Lipinski definition) is 1. The molecule has 0 aliphatic heterocycles. The smallest absolute Gasteiger partial charge is 0.340 e. The number of para-hydroxylation sites is 1. The highest BCUT2D eigenvalue weighted by Crippen LogP contribution is 2.16. The van der Waals surface area contributed by atoms with Gasteiger partial charge in [0, 0.05) is 6.08 Å². The van der Waals surface area contributed by atoms with Crippen molar-refractivity contribution in [3.63, 3.8) is 0 Å². The molecule has 2 aromatic rings. The summed E-state index contributed by atoms with van der Waals surface area (Å²) in [7, 11) is 0. The molecule has 0 bridgehead atoms. The molecule has 0 saturated carbocycles. The quantitative estimate of drug-likeness (QED) is 0.677. The van der Waals surface area contributed by atoms with Gasteiger partial charge in [0.15, 0.2) is 0 Å². The lowest BCUT2D eigenvalue weighted by Gasteiger charge is -2.08. The molecule has 1 N–H and O–H groups in total. The van der Waals surface area contributed by atoms with E-state index < -0.39 is 5.97 Å². The topological polar surface area (TPSA) is 68.5 Å². The lowest BCUT2D eigenvalue weighted by Crippen LogP contribution is -2.13. The number of esters is 1. The van der Waals surface area contributed by atoms with E-state index in [9.17, 15) is 9.59 Å². The van der Waals surface area contributed by atoms with Gasteiger partial charge in [-0.15, -0.1) is 0 Å². The Bertz CT molecular complexity index is 644. The first-order valence-electron chi connectivity index (χ1n) is 6.49. The molecular formula is C16H15NO4. The zero-order valence-corrected chi connectivity index (χ0v) is 11.5. The fourth-order valence-corrected chi connectivity index (χ4v) is 1.70. The van der Waals surface area contributed by atoms with Gasteiger partial charge in [-0.2, -0.15) is 0 Å². The van der Waals surface area contributed by atoms with Crippen molar-refractivity contribution in [1.29, 1.82) is 0 Å². The van der Waals surface area contributed by atoms with E-state index in [1.54, 1.807) is 49.4 Å². The number of carbonyl (C=O) groups excluding carboxylic acids is 2. The van der Waals surface area contributed by atoms with Crippen molar-refractivity contribution < 1.29 is 18.7 Å². The minimum Gasteiger partial charge on any atom is -0.465 e. The first-order valence-corrected chi connectivity index (χ1v) is 6.49. The van der Waals surface area contributed by atoms with E-state index in [2.05, 4.69) is 5.32 Å². The Balaban J connectivity index is 2.08. The largest absolute Gasteiger partial charge is 0.465 e. The lowest BCUT2D eigenvalue weighted by molar-refractivity contribution is -0.111. The molecule has 0 unspecified atom stereocenters. The van der Waals surface area contributed by atoms with Gasteiger partial charge in [-0.3, -0.25) is 4.79 Å². The van der Waals surface area contributed by atoms with Crippen LogP contribution in [0.4, 0.5) is 5.69 Å². The van der Waals surface area contributed by atoms with Gasteiger partial charge in [0.1, 0.15) is 5.76 Å². The van der Waals surface area contributed by atoms with Crippen LogP contribution in [0.5, 0.6) is 0 Å². The summed E-state index contributed by atoms with van der Waals surface area (Å²) in [4.78, 5) is 23.6. The van der Waals surface area contributed by atoms with Gasteiger partial charge in [0.2, 0.25) is 5.91 Å². The number of hydrogen-bond acceptors (Lipinski definition) is 4. The van der Waals surface area contributed by atoms with Gasteiger partial charge in [-0.25, -0.2) is 4.79 Å². The van der Waals surface area contributed by atoms with Crippen molar-refractivity contribution in [2.75, 3.05) is 11.9 Å². The highest BCUT2D eigenvalue weighted by Gasteiger charge is 2.12. The Morgan fingerprint density at radius 1 is 1.24 bits per heavy atom. The van der Waals surface area contributed by atoms with Crippen LogP contribution in [-0.4, -0.2) is 18.5 Å². The van der Waals surface area contributed by atoms with Gasteiger partial charge < -0.3 is 14.5 Å². The second-order valence-electron chi connectivity index (χ2n) is 4.10. The number of anilines is 1. The Morgan fingerprint density at radius 2 is 2.05 bits per heavy atom. The second kappa shape index (κ2) is 7.09. The number of benzene rings is 1. The number of amides is 1. The zero-order chi connectivity index (χ0) is 15.1. The predicted octanol–water partition coefficient (Wildman–Crippen LogP) is 3.11. The van der Waals surface area contributed by atoms with Crippen LogP contribution >= 0.6 is 0 Å². The van der Waals surface area contributed by atoms with Gasteiger partial charge >= 0.3 is 5.97 Å². The Hall–Kier alpha value is -2.82. The second-order valence-corrected chi connectivity index (χ2v) is 4.10. The molecule has 1 aromatic heterocycles. The van der Waals surface area contributed by atoms with Gasteiger partial charge in [0.05, 0.1) is 24.1 Å². The minimum atomic E-state index is -0.469. The van der Waals surface area contributed by atoms with Crippen molar-refractivity contribution in [1.82, 2.24) is 0 Å². The molecule has 21 heavy (non-hydrogen) atoms. The molecular weight excluding hydrogens is 270 g/mol. The molecule has 0 atom stereocenters. The molecule has 1 amide bonds. The number of rotatable bonds is 5. The van der Waals surface area contributed by atoms with Crippen LogP contribution in [-0.2, 0) is 9.53 Å². The van der Waals surface area contributed by atoms with Crippen molar-refractivity contribution >= 4 is 23.6 Å². The average Bonchev–Trinajstić information content (AvgIpc) is 2.99. The van der Waals surface area contributed by atoms with Gasteiger partial charge in [0.25, 0.3) is 0 Å². The van der Waals surface area contributed by atoms with Crippen LogP contribution in [0.25, 0.3) is 6.08 Å². The maximum atomic E-state index is 11.8. The standard InChI is InChI=1S/C16H15NO4/c1-2-20-16(19)13-7-3-4-8-14(13)17-15(18)10-9-12-6-5-11-21-12/h3-11H,2H2,1H3,(H,17,18). The van der Waals surface area contributed by atoms with Crippen LogP contribution < -0.4 is 5.32 Å². The zero-order valence-electron chi connectivity index (χ0n) is 11.5. The highest BCUT2D eigenvalue weighted by molar-refractivity contribution is 6.06. The van der Waals surface area contributed by atoms with E-state index in [0.29, 0.717) is 17.0 Å². The first kappa shape index (κ1) is 14.6. The summed E-state index contributed by atoms with van der Waals surface area (Å²) in [5, 5.41) is 2.64. The van der Waals surface area contributed by atoms with E-state index in [4.69, 9.17) is 9.15 Å². The average molecular weight is 285 g/mol. The molecule has 0 spiro atoms. The molecule has 0 aliphatic carbocycles. The van der Waals surface area contributed by atoms with Crippen LogP contribution in [0.3, 0.4) is 0 Å². The lowest BCUT2D eigenvalue weighted by atomic mass is 10.2. The monoisotopic (exact) mass is 285 g/mol. The number of ether oxygens (including phenoxy) is 1. The summed E-state index contributed by atoms with van der Waals surface area (Å²) in [6.07, 6.45) is 4.40. The van der Waals surface area contributed by atoms with Gasteiger partial charge in [-0.05, 0) is 37.3 Å². The molecule has 1 aromatic carbocycles. The normalized spacial score (nSPS) is 10.5. The molecule has 5 nitrogen and oxygen atoms in total. The fraction of sp³-hybridized carbons (Fsp3) is 0.125. The summed E-state index contributed by atoms with van der Waals surface area (Å²) in [5.41, 5.74) is 0.726. The molecule has 0 saturated heterocycles. The van der Waals surface area contributed by atoms with E-state index in [1.807, 2.05) is 0 Å². The molecule has 0 fully saturated rings. The summed E-state index contributed by atoms with van der Waals surface area (Å²) in [6, 6.07) is 10.1. The highest BCUT2D eigenvalue weighted by atomic mass is 16.5. The van der Waals surface area contributed by atoms with Crippen molar-refractivity contribution in [2.45, 2.75) is 6.92 Å². The summed E-state index contributed by atoms with van der Waals surface area (Å²) in [5.74, 6) is -0.254. The maximum absolute atomic E-state index is 11.8. The molecule has 2 rings (SSSR count). The Labute approximate surface area is 122 Å². The SMILES string of the molecule is CCOC(=O)c1ccccc1NC(=O)C=Cc1ccco1. The van der Waals surface area contributed by atoms with Crippen LogP contribution in [0.15, 0.2) is 53.2 Å². The first-order chi connectivity index (χ1) is 10.2. The molecule has 0 radical (unpaired) electrons. The Kier molecular flexibility index (Phi) is 4.93. The van der Waals surface area contributed by atoms with E-state index >= 15 is 0 Å². The third-order valence-electron chi connectivity index (χ3n) is 2.62. The third kappa shape index (κ3) is 4.07. The van der Waals surface area contributed by atoms with Crippen molar-refractivity contribution in [3.8, 4) is 0 Å². The summed E-state index contributed by atoms with van der Waals surface area (Å²) in [6.45, 7) is 2.00. The molecule has 5 heteroatoms. The Morgan fingerprint density at radius 3 is 2.76 bits per heavy atom. The fourth-order valence-electron chi connectivity index (χ4n) is 1.70. The van der Waals surface area contributed by atoms with Crippen molar-refractivity contribution in [3.05, 3.63) is 60.1 Å². The predicted molar refractivity (Wildman–Crippen MR) is 78.8 cm³/mol. The van der Waals surface area contributed by atoms with E-state index in [0.717, 1.165) is 0 Å². The summed E-state index contributed by atoms with van der Waals surface area (Å²) < 4.78 is 10.0.